The fourth-order valence-electron chi connectivity index (χ4n) is 4.17. The highest BCUT2D eigenvalue weighted by Crippen LogP contribution is 2.34. The van der Waals surface area contributed by atoms with Gasteiger partial charge in [-0.05, 0) is 69.7 Å². The maximum atomic E-state index is 14.1. The number of ether oxygens (including phenoxy) is 2. The highest BCUT2D eigenvalue weighted by molar-refractivity contribution is 7.92. The summed E-state index contributed by atoms with van der Waals surface area (Å²) in [4.78, 5) is 28.4. The minimum absolute atomic E-state index is 0.00594. The van der Waals surface area contributed by atoms with Gasteiger partial charge in [-0.15, -0.1) is 0 Å². The highest BCUT2D eigenvalue weighted by Gasteiger charge is 2.33. The third kappa shape index (κ3) is 7.87. The van der Waals surface area contributed by atoms with Crippen LogP contribution in [-0.4, -0.2) is 58.0 Å². The molecule has 12 heteroatoms. The van der Waals surface area contributed by atoms with Crippen LogP contribution >= 0.6 is 23.2 Å². The fourth-order valence-corrected chi connectivity index (χ4v) is 6.04. The predicted octanol–water partition coefficient (Wildman–Crippen LogP) is 5.46. The van der Waals surface area contributed by atoms with E-state index in [1.165, 1.54) is 49.5 Å². The summed E-state index contributed by atoms with van der Waals surface area (Å²) in [7, 11) is -1.36. The number of nitrogens with one attached hydrogen (secondary N) is 1. The molecular weight excluding hydrogens is 601 g/mol. The summed E-state index contributed by atoms with van der Waals surface area (Å²) in [6.07, 6.45) is 0. The minimum Gasteiger partial charge on any atom is -0.493 e. The van der Waals surface area contributed by atoms with E-state index in [-0.39, 0.29) is 28.9 Å². The lowest BCUT2D eigenvalue weighted by Gasteiger charge is -2.32. The Labute approximate surface area is 257 Å². The molecule has 42 heavy (non-hydrogen) atoms. The number of aryl methyl sites for hydroxylation is 1. The van der Waals surface area contributed by atoms with Crippen molar-refractivity contribution >= 4 is 50.7 Å². The van der Waals surface area contributed by atoms with Crippen molar-refractivity contribution in [3.63, 3.8) is 0 Å². The van der Waals surface area contributed by atoms with Gasteiger partial charge in [0.15, 0.2) is 11.5 Å². The third-order valence-electron chi connectivity index (χ3n) is 6.50. The van der Waals surface area contributed by atoms with Crippen molar-refractivity contribution in [3.8, 4) is 11.5 Å². The number of anilines is 1. The van der Waals surface area contributed by atoms with Crippen LogP contribution in [0.5, 0.6) is 11.5 Å². The van der Waals surface area contributed by atoms with E-state index in [1.807, 2.05) is 6.92 Å². The number of hydrogen-bond donors (Lipinski definition) is 1. The molecule has 0 aliphatic carbocycles. The number of benzene rings is 3. The average molecular weight is 637 g/mol. The zero-order valence-corrected chi connectivity index (χ0v) is 26.7. The lowest BCUT2D eigenvalue weighted by atomic mass is 10.1. The first-order chi connectivity index (χ1) is 19.8. The van der Waals surface area contributed by atoms with Gasteiger partial charge in [-0.3, -0.25) is 13.9 Å². The van der Waals surface area contributed by atoms with Crippen molar-refractivity contribution < 1.29 is 27.5 Å². The summed E-state index contributed by atoms with van der Waals surface area (Å²) in [5, 5.41) is 3.53. The number of halogens is 2. The normalized spacial score (nSPS) is 12.0. The zero-order chi connectivity index (χ0) is 31.2. The lowest BCUT2D eigenvalue weighted by Crippen LogP contribution is -2.52. The van der Waals surface area contributed by atoms with Gasteiger partial charge in [-0.1, -0.05) is 47.0 Å². The Kier molecular flexibility index (Phi) is 11.1. The first-order valence-corrected chi connectivity index (χ1v) is 15.3. The van der Waals surface area contributed by atoms with E-state index in [1.54, 1.807) is 51.1 Å². The van der Waals surface area contributed by atoms with Gasteiger partial charge in [-0.2, -0.15) is 0 Å². The Morgan fingerprint density at radius 1 is 0.905 bits per heavy atom. The number of sulfonamides is 1. The van der Waals surface area contributed by atoms with Crippen LogP contribution in [0.1, 0.15) is 31.9 Å². The molecular formula is C30H35Cl2N3O6S. The van der Waals surface area contributed by atoms with Gasteiger partial charge in [0.2, 0.25) is 11.8 Å². The van der Waals surface area contributed by atoms with Crippen molar-refractivity contribution in [2.45, 2.75) is 51.2 Å². The molecule has 0 aliphatic heterocycles. The molecule has 0 radical (unpaired) electrons. The number of methoxy groups -OCH3 is 2. The smallest absolute Gasteiger partial charge is 0.264 e. The Morgan fingerprint density at radius 2 is 1.55 bits per heavy atom. The molecule has 2 amide bonds. The molecule has 1 unspecified atom stereocenters. The summed E-state index contributed by atoms with van der Waals surface area (Å²) in [5.74, 6) is -0.361. The molecule has 0 heterocycles. The minimum atomic E-state index is -4.25. The second-order valence-electron chi connectivity index (χ2n) is 9.96. The Morgan fingerprint density at radius 3 is 2.12 bits per heavy atom. The van der Waals surface area contributed by atoms with Crippen molar-refractivity contribution in [3.05, 3.63) is 81.8 Å². The van der Waals surface area contributed by atoms with Crippen LogP contribution in [0, 0.1) is 6.92 Å². The Hall–Kier alpha value is -3.47. The number of nitrogens with zero attached hydrogens (tertiary/aromatic N) is 2. The molecule has 1 atom stereocenters. The topological polar surface area (TPSA) is 105 Å². The fraction of sp³-hybridized carbons (Fsp3) is 0.333. The standard InChI is InChI=1S/C30H35Cl2N3O6S/c1-19(2)33-30(37)21(4)34(17-22-9-10-23(31)15-26(22)32)29(36)18-35(24-11-14-27(40-5)28(16-24)41-6)42(38,39)25-12-7-20(3)8-13-25/h7-16,19,21H,17-18H2,1-6H3,(H,33,37). The van der Waals surface area contributed by atoms with Gasteiger partial charge in [0.05, 0.1) is 24.8 Å². The van der Waals surface area contributed by atoms with Crippen molar-refractivity contribution in [2.75, 3.05) is 25.1 Å². The summed E-state index contributed by atoms with van der Waals surface area (Å²) in [6, 6.07) is 14.6. The van der Waals surface area contributed by atoms with Gasteiger partial charge in [-0.25, -0.2) is 8.42 Å². The second kappa shape index (κ2) is 14.1. The molecule has 3 aromatic rings. The summed E-state index contributed by atoms with van der Waals surface area (Å²) < 4.78 is 39.8. The van der Waals surface area contributed by atoms with Crippen LogP contribution in [0.3, 0.4) is 0 Å². The van der Waals surface area contributed by atoms with E-state index in [0.717, 1.165) is 9.87 Å². The number of rotatable bonds is 12. The molecule has 0 saturated heterocycles. The first kappa shape index (κ1) is 33.0. The quantitative estimate of drug-likeness (QED) is 0.283. The monoisotopic (exact) mass is 635 g/mol. The second-order valence-corrected chi connectivity index (χ2v) is 12.7. The molecule has 0 aromatic heterocycles. The van der Waals surface area contributed by atoms with Gasteiger partial charge in [0, 0.05) is 28.7 Å². The maximum absolute atomic E-state index is 14.1. The van der Waals surface area contributed by atoms with Crippen molar-refractivity contribution in [1.82, 2.24) is 10.2 Å². The summed E-state index contributed by atoms with van der Waals surface area (Å²) in [5.41, 5.74) is 1.58. The zero-order valence-electron chi connectivity index (χ0n) is 24.4. The number of carbonyl (C=O) groups excluding carboxylic acids is 2. The predicted molar refractivity (Wildman–Crippen MR) is 165 cm³/mol. The molecule has 0 fully saturated rings. The van der Waals surface area contributed by atoms with Gasteiger partial charge in [0.25, 0.3) is 10.0 Å². The Balaban J connectivity index is 2.11. The van der Waals surface area contributed by atoms with E-state index in [2.05, 4.69) is 5.32 Å². The first-order valence-electron chi connectivity index (χ1n) is 13.1. The lowest BCUT2D eigenvalue weighted by molar-refractivity contribution is -0.139. The van der Waals surface area contributed by atoms with E-state index in [9.17, 15) is 18.0 Å². The third-order valence-corrected chi connectivity index (χ3v) is 8.87. The summed E-state index contributed by atoms with van der Waals surface area (Å²) in [6.45, 7) is 6.35. The molecule has 0 aliphatic rings. The molecule has 9 nitrogen and oxygen atoms in total. The summed E-state index contributed by atoms with van der Waals surface area (Å²) >= 11 is 12.5. The van der Waals surface area contributed by atoms with Crippen LogP contribution in [0.15, 0.2) is 65.6 Å². The van der Waals surface area contributed by atoms with Crippen molar-refractivity contribution in [2.24, 2.45) is 0 Å². The SMILES string of the molecule is COc1ccc(N(CC(=O)N(Cc2ccc(Cl)cc2Cl)C(C)C(=O)NC(C)C)S(=O)(=O)c2ccc(C)cc2)cc1OC. The highest BCUT2D eigenvalue weighted by atomic mass is 35.5. The molecule has 0 saturated carbocycles. The molecule has 226 valence electrons. The van der Waals surface area contributed by atoms with E-state index >= 15 is 0 Å². The molecule has 3 rings (SSSR count). The van der Waals surface area contributed by atoms with Gasteiger partial charge in [0.1, 0.15) is 12.6 Å². The van der Waals surface area contributed by atoms with Crippen LogP contribution in [0.25, 0.3) is 0 Å². The molecule has 0 spiro atoms. The average Bonchev–Trinajstić information content (AvgIpc) is 2.94. The van der Waals surface area contributed by atoms with Crippen LogP contribution in [0.4, 0.5) is 5.69 Å². The van der Waals surface area contributed by atoms with Crippen molar-refractivity contribution in [1.29, 1.82) is 0 Å². The Bertz CT molecular complexity index is 1530. The van der Waals surface area contributed by atoms with E-state index in [0.29, 0.717) is 21.4 Å². The van der Waals surface area contributed by atoms with E-state index in [4.69, 9.17) is 32.7 Å². The molecule has 3 aromatic carbocycles. The van der Waals surface area contributed by atoms with Crippen LogP contribution in [0.2, 0.25) is 10.0 Å². The van der Waals surface area contributed by atoms with E-state index < -0.39 is 34.4 Å². The molecule has 1 N–H and O–H groups in total. The molecule has 0 bridgehead atoms. The van der Waals surface area contributed by atoms with Gasteiger partial charge < -0.3 is 19.7 Å². The largest absolute Gasteiger partial charge is 0.493 e. The number of carbonyl (C=O) groups is 2. The maximum Gasteiger partial charge on any atom is 0.264 e. The van der Waals surface area contributed by atoms with Crippen LogP contribution < -0.4 is 19.1 Å². The number of amides is 2. The number of hydrogen-bond acceptors (Lipinski definition) is 6. The van der Waals surface area contributed by atoms with Gasteiger partial charge >= 0.3 is 0 Å². The van der Waals surface area contributed by atoms with Crippen LogP contribution in [-0.2, 0) is 26.2 Å².